The number of pyridine rings is 1. The summed E-state index contributed by atoms with van der Waals surface area (Å²) in [6, 6.07) is 1.37. The fourth-order valence-corrected chi connectivity index (χ4v) is 2.37. The second-order valence-corrected chi connectivity index (χ2v) is 5.49. The summed E-state index contributed by atoms with van der Waals surface area (Å²) in [5, 5.41) is 2.90. The Balaban J connectivity index is 2.22. The molecule has 0 saturated carbocycles. The summed E-state index contributed by atoms with van der Waals surface area (Å²) in [5.74, 6) is 1.60. The Morgan fingerprint density at radius 1 is 1.27 bits per heavy atom. The summed E-state index contributed by atoms with van der Waals surface area (Å²) in [7, 11) is 1.57. The first kappa shape index (κ1) is 16.0. The number of rotatable bonds is 5. The van der Waals surface area contributed by atoms with Gasteiger partial charge in [-0.25, -0.2) is 4.98 Å². The lowest BCUT2D eigenvalue weighted by Gasteiger charge is -2.19. The van der Waals surface area contributed by atoms with Crippen LogP contribution in [0.5, 0.6) is 5.75 Å². The Morgan fingerprint density at radius 2 is 2.00 bits per heavy atom. The van der Waals surface area contributed by atoms with Crippen LogP contribution in [0.25, 0.3) is 0 Å². The van der Waals surface area contributed by atoms with Gasteiger partial charge in [0.25, 0.3) is 0 Å². The number of nitrogens with zero attached hydrogens (tertiary/aromatic N) is 3. The molecule has 22 heavy (non-hydrogen) atoms. The number of carbonyl (C=O) groups excluding carboxylic acids is 1. The second-order valence-electron chi connectivity index (χ2n) is 5.49. The zero-order chi connectivity index (χ0) is 16.3. The van der Waals surface area contributed by atoms with E-state index >= 15 is 0 Å². The van der Waals surface area contributed by atoms with Crippen LogP contribution in [-0.4, -0.2) is 27.6 Å². The van der Waals surface area contributed by atoms with Gasteiger partial charge >= 0.3 is 0 Å². The van der Waals surface area contributed by atoms with Crippen LogP contribution in [0, 0.1) is 6.92 Å². The zero-order valence-electron chi connectivity index (χ0n) is 13.6. The van der Waals surface area contributed by atoms with Crippen LogP contribution in [0.1, 0.15) is 44.2 Å². The van der Waals surface area contributed by atoms with E-state index in [1.54, 1.807) is 25.6 Å². The Bertz CT molecular complexity index is 664. The number of ether oxygens (including phenoxy) is 1. The number of amides is 1. The largest absolute Gasteiger partial charge is 0.493 e. The van der Waals surface area contributed by atoms with Gasteiger partial charge in [0.15, 0.2) is 5.75 Å². The van der Waals surface area contributed by atoms with Crippen molar-refractivity contribution in [3.05, 3.63) is 36.2 Å². The molecule has 0 aromatic carbocycles. The Morgan fingerprint density at radius 3 is 2.64 bits per heavy atom. The van der Waals surface area contributed by atoms with E-state index in [0.717, 1.165) is 11.5 Å². The first-order valence-electron chi connectivity index (χ1n) is 7.28. The molecule has 0 saturated heterocycles. The number of methoxy groups -OCH3 is 1. The highest BCUT2D eigenvalue weighted by Gasteiger charge is 2.20. The summed E-state index contributed by atoms with van der Waals surface area (Å²) in [6.45, 7) is 7.80. The van der Waals surface area contributed by atoms with Gasteiger partial charge in [-0.1, -0.05) is 13.8 Å². The molecular formula is C16H22N4O2. The molecule has 1 N–H and O–H groups in total. The number of aromatic nitrogens is 3. The minimum Gasteiger partial charge on any atom is -0.493 e. The molecule has 1 atom stereocenters. The summed E-state index contributed by atoms with van der Waals surface area (Å²) < 4.78 is 7.20. The molecule has 6 nitrogen and oxygen atoms in total. The second kappa shape index (κ2) is 6.60. The predicted molar refractivity (Wildman–Crippen MR) is 85.2 cm³/mol. The molecule has 0 aliphatic heterocycles. The first-order valence-corrected chi connectivity index (χ1v) is 7.28. The van der Waals surface area contributed by atoms with Crippen molar-refractivity contribution < 1.29 is 9.53 Å². The van der Waals surface area contributed by atoms with Crippen molar-refractivity contribution in [1.82, 2.24) is 14.5 Å². The van der Waals surface area contributed by atoms with E-state index in [1.807, 2.05) is 24.6 Å². The molecular weight excluding hydrogens is 280 g/mol. The molecule has 2 aromatic heterocycles. The molecule has 2 aromatic rings. The molecule has 0 fully saturated rings. The van der Waals surface area contributed by atoms with Gasteiger partial charge in [-0.3, -0.25) is 9.78 Å². The Labute approximate surface area is 130 Å². The molecule has 1 amide bonds. The molecule has 0 bridgehead atoms. The third-order valence-corrected chi connectivity index (χ3v) is 3.56. The van der Waals surface area contributed by atoms with Gasteiger partial charge in [0.2, 0.25) is 5.91 Å². The molecule has 0 aliphatic rings. The van der Waals surface area contributed by atoms with Crippen molar-refractivity contribution in [2.45, 2.75) is 39.7 Å². The summed E-state index contributed by atoms with van der Waals surface area (Å²) in [6.07, 6.45) is 5.19. The number of nitrogens with one attached hydrogen (secondary N) is 1. The third-order valence-electron chi connectivity index (χ3n) is 3.56. The SMILES string of the molecule is COc1c(NC(=O)C(C)n2ccnc2C(C)C)ccnc1C. The maximum Gasteiger partial charge on any atom is 0.247 e. The topological polar surface area (TPSA) is 69.0 Å². The number of hydrogen-bond donors (Lipinski definition) is 1. The van der Waals surface area contributed by atoms with E-state index < -0.39 is 0 Å². The van der Waals surface area contributed by atoms with Crippen molar-refractivity contribution in [2.24, 2.45) is 0 Å². The van der Waals surface area contributed by atoms with Gasteiger partial charge in [-0.15, -0.1) is 0 Å². The summed E-state index contributed by atoms with van der Waals surface area (Å²) >= 11 is 0. The Hall–Kier alpha value is -2.37. The highest BCUT2D eigenvalue weighted by atomic mass is 16.5. The highest BCUT2D eigenvalue weighted by Crippen LogP contribution is 2.27. The third kappa shape index (κ3) is 3.10. The van der Waals surface area contributed by atoms with Gasteiger partial charge in [0.05, 0.1) is 18.5 Å². The van der Waals surface area contributed by atoms with Crippen molar-refractivity contribution in [3.63, 3.8) is 0 Å². The lowest BCUT2D eigenvalue weighted by molar-refractivity contribution is -0.118. The fraction of sp³-hybridized carbons (Fsp3) is 0.438. The van der Waals surface area contributed by atoms with E-state index in [1.165, 1.54) is 0 Å². The van der Waals surface area contributed by atoms with Crippen molar-refractivity contribution >= 4 is 11.6 Å². The summed E-state index contributed by atoms with van der Waals surface area (Å²) in [5.41, 5.74) is 1.36. The van der Waals surface area contributed by atoms with Gasteiger partial charge in [-0.2, -0.15) is 0 Å². The number of hydrogen-bond acceptors (Lipinski definition) is 4. The average molecular weight is 302 g/mol. The summed E-state index contributed by atoms with van der Waals surface area (Å²) in [4.78, 5) is 21.0. The maximum absolute atomic E-state index is 12.5. The monoisotopic (exact) mass is 302 g/mol. The van der Waals surface area contributed by atoms with E-state index in [4.69, 9.17) is 4.74 Å². The predicted octanol–water partition coefficient (Wildman–Crippen LogP) is 2.92. The van der Waals surface area contributed by atoms with Crippen LogP contribution in [0.15, 0.2) is 24.7 Å². The molecule has 0 spiro atoms. The maximum atomic E-state index is 12.5. The highest BCUT2D eigenvalue weighted by molar-refractivity contribution is 5.95. The van der Waals surface area contributed by atoms with Gasteiger partial charge in [-0.05, 0) is 19.9 Å². The quantitative estimate of drug-likeness (QED) is 0.922. The van der Waals surface area contributed by atoms with Crippen LogP contribution in [0.2, 0.25) is 0 Å². The van der Waals surface area contributed by atoms with Gasteiger partial charge in [0, 0.05) is 24.5 Å². The van der Waals surface area contributed by atoms with Crippen LogP contribution in [-0.2, 0) is 4.79 Å². The van der Waals surface area contributed by atoms with E-state index in [2.05, 4.69) is 29.1 Å². The van der Waals surface area contributed by atoms with Crippen molar-refractivity contribution in [2.75, 3.05) is 12.4 Å². The van der Waals surface area contributed by atoms with Crippen molar-refractivity contribution in [3.8, 4) is 5.75 Å². The smallest absolute Gasteiger partial charge is 0.247 e. The number of anilines is 1. The zero-order valence-corrected chi connectivity index (χ0v) is 13.6. The van der Waals surface area contributed by atoms with E-state index in [9.17, 15) is 4.79 Å². The molecule has 6 heteroatoms. The molecule has 1 unspecified atom stereocenters. The van der Waals surface area contributed by atoms with E-state index in [-0.39, 0.29) is 17.9 Å². The average Bonchev–Trinajstić information content (AvgIpc) is 2.96. The number of imidazole rings is 1. The van der Waals surface area contributed by atoms with Gasteiger partial charge in [0.1, 0.15) is 11.9 Å². The van der Waals surface area contributed by atoms with Crippen LogP contribution >= 0.6 is 0 Å². The normalized spacial score (nSPS) is 12.3. The molecule has 118 valence electrons. The molecule has 0 aliphatic carbocycles. The lowest BCUT2D eigenvalue weighted by atomic mass is 10.2. The van der Waals surface area contributed by atoms with Crippen LogP contribution < -0.4 is 10.1 Å². The molecule has 0 radical (unpaired) electrons. The Kier molecular flexibility index (Phi) is 4.80. The van der Waals surface area contributed by atoms with E-state index in [0.29, 0.717) is 11.4 Å². The van der Waals surface area contributed by atoms with Crippen LogP contribution in [0.3, 0.4) is 0 Å². The first-order chi connectivity index (χ1) is 10.5. The lowest BCUT2D eigenvalue weighted by Crippen LogP contribution is -2.25. The number of aryl methyl sites for hydroxylation is 1. The number of carbonyl (C=O) groups is 1. The van der Waals surface area contributed by atoms with Crippen LogP contribution in [0.4, 0.5) is 5.69 Å². The van der Waals surface area contributed by atoms with Crippen molar-refractivity contribution in [1.29, 1.82) is 0 Å². The minimum absolute atomic E-state index is 0.121. The van der Waals surface area contributed by atoms with Gasteiger partial charge < -0.3 is 14.6 Å². The standard InChI is InChI=1S/C16H22N4O2/c1-10(2)15-18-8-9-20(15)12(4)16(21)19-13-6-7-17-11(3)14(13)22-5/h6-10,12H,1-5H3,(H,17,19,21). The fourth-order valence-electron chi connectivity index (χ4n) is 2.37. The minimum atomic E-state index is -0.363. The molecule has 2 rings (SSSR count). The molecule has 2 heterocycles.